The zero-order valence-electron chi connectivity index (χ0n) is 18.4. The minimum Gasteiger partial charge on any atom is -0.376 e. The van der Waals surface area contributed by atoms with Gasteiger partial charge in [0.25, 0.3) is 0 Å². The summed E-state index contributed by atoms with van der Waals surface area (Å²) in [7, 11) is 1.80. The van der Waals surface area contributed by atoms with Gasteiger partial charge in [0.15, 0.2) is 5.96 Å². The van der Waals surface area contributed by atoms with Gasteiger partial charge in [-0.15, -0.1) is 24.0 Å². The maximum absolute atomic E-state index is 5.90. The van der Waals surface area contributed by atoms with Crippen LogP contribution in [0.4, 0.5) is 0 Å². The fourth-order valence-electron chi connectivity index (χ4n) is 3.30. The van der Waals surface area contributed by atoms with Crippen LogP contribution >= 0.6 is 24.0 Å². The Kier molecular flexibility index (Phi) is 13.5. The lowest BCUT2D eigenvalue weighted by atomic mass is 10.2. The quantitative estimate of drug-likeness (QED) is 0.284. The third kappa shape index (κ3) is 11.2. The molecule has 166 valence electrons. The monoisotopic (exact) mass is 518 g/mol. The van der Waals surface area contributed by atoms with E-state index in [1.54, 1.807) is 7.05 Å². The number of nitrogens with one attached hydrogen (secondary N) is 2. The van der Waals surface area contributed by atoms with Crippen molar-refractivity contribution >= 4 is 29.9 Å². The van der Waals surface area contributed by atoms with Crippen molar-refractivity contribution in [2.75, 3.05) is 53.0 Å². The van der Waals surface area contributed by atoms with Gasteiger partial charge in [0.05, 0.1) is 25.9 Å². The average molecular weight is 518 g/mol. The summed E-state index contributed by atoms with van der Waals surface area (Å²) in [5, 5.41) is 6.79. The molecule has 0 amide bonds. The summed E-state index contributed by atoms with van der Waals surface area (Å²) in [5.41, 5.74) is 1.21. The van der Waals surface area contributed by atoms with E-state index in [1.807, 2.05) is 18.2 Å². The Balaban J connectivity index is 0.00000420. The van der Waals surface area contributed by atoms with Gasteiger partial charge in [0.1, 0.15) is 0 Å². The summed E-state index contributed by atoms with van der Waals surface area (Å²) in [6.45, 7) is 13.6. The molecule has 29 heavy (non-hydrogen) atoms. The molecule has 0 spiro atoms. The predicted octanol–water partition coefficient (Wildman–Crippen LogP) is 2.98. The van der Waals surface area contributed by atoms with E-state index in [-0.39, 0.29) is 30.1 Å². The fraction of sp³-hybridized carbons (Fsp3) is 0.682. The van der Waals surface area contributed by atoms with E-state index in [1.165, 1.54) is 5.56 Å². The predicted molar refractivity (Wildman–Crippen MR) is 131 cm³/mol. The SMILES string of the molecule is CN=C(NCC(C)COCc1ccccc1)NCC1CN(CC(C)C)CCO1.I. The zero-order chi connectivity index (χ0) is 20.2. The molecule has 0 saturated carbocycles. The Morgan fingerprint density at radius 3 is 2.69 bits per heavy atom. The summed E-state index contributed by atoms with van der Waals surface area (Å²) < 4.78 is 11.7. The third-order valence-corrected chi connectivity index (χ3v) is 4.70. The molecule has 0 aromatic heterocycles. The number of aliphatic imine (C=N–C) groups is 1. The summed E-state index contributed by atoms with van der Waals surface area (Å²) in [4.78, 5) is 6.81. The molecule has 0 radical (unpaired) electrons. The van der Waals surface area contributed by atoms with Gasteiger partial charge in [-0.3, -0.25) is 9.89 Å². The molecule has 0 aliphatic carbocycles. The number of guanidine groups is 1. The highest BCUT2D eigenvalue weighted by molar-refractivity contribution is 14.0. The molecule has 2 atom stereocenters. The van der Waals surface area contributed by atoms with Crippen molar-refractivity contribution in [2.45, 2.75) is 33.5 Å². The van der Waals surface area contributed by atoms with Crippen molar-refractivity contribution in [3.05, 3.63) is 35.9 Å². The van der Waals surface area contributed by atoms with Crippen LogP contribution in [0.2, 0.25) is 0 Å². The van der Waals surface area contributed by atoms with Crippen LogP contribution in [-0.2, 0) is 16.1 Å². The number of hydrogen-bond donors (Lipinski definition) is 2. The van der Waals surface area contributed by atoms with Crippen LogP contribution in [0.15, 0.2) is 35.3 Å². The number of rotatable bonds is 10. The summed E-state index contributed by atoms with van der Waals surface area (Å²) in [5.74, 6) is 1.90. The lowest BCUT2D eigenvalue weighted by Crippen LogP contribution is -2.50. The number of hydrogen-bond acceptors (Lipinski definition) is 4. The van der Waals surface area contributed by atoms with Gasteiger partial charge in [-0.25, -0.2) is 0 Å². The first-order chi connectivity index (χ1) is 13.6. The second-order valence-electron chi connectivity index (χ2n) is 8.09. The van der Waals surface area contributed by atoms with Gasteiger partial charge in [0.2, 0.25) is 0 Å². The largest absolute Gasteiger partial charge is 0.376 e. The molecule has 1 aromatic rings. The molecule has 1 heterocycles. The summed E-state index contributed by atoms with van der Waals surface area (Å²) in [6, 6.07) is 10.3. The van der Waals surface area contributed by atoms with E-state index in [9.17, 15) is 0 Å². The molecule has 2 unspecified atom stereocenters. The molecule has 1 aromatic carbocycles. The van der Waals surface area contributed by atoms with E-state index >= 15 is 0 Å². The molecule has 0 bridgehead atoms. The Morgan fingerprint density at radius 2 is 2.00 bits per heavy atom. The number of benzene rings is 1. The van der Waals surface area contributed by atoms with E-state index in [2.05, 4.69) is 53.4 Å². The van der Waals surface area contributed by atoms with Crippen molar-refractivity contribution in [3.63, 3.8) is 0 Å². The first-order valence-corrected chi connectivity index (χ1v) is 10.5. The van der Waals surface area contributed by atoms with Crippen molar-refractivity contribution < 1.29 is 9.47 Å². The van der Waals surface area contributed by atoms with E-state index in [0.29, 0.717) is 18.4 Å². The van der Waals surface area contributed by atoms with Crippen LogP contribution in [0.25, 0.3) is 0 Å². The Labute approximate surface area is 193 Å². The lowest BCUT2D eigenvalue weighted by molar-refractivity contribution is -0.0284. The highest BCUT2D eigenvalue weighted by Crippen LogP contribution is 2.07. The first kappa shape index (κ1) is 26.1. The fourth-order valence-corrected chi connectivity index (χ4v) is 3.30. The number of morpholine rings is 1. The maximum atomic E-state index is 5.90. The van der Waals surface area contributed by atoms with Crippen molar-refractivity contribution in [1.82, 2.24) is 15.5 Å². The molecular weight excluding hydrogens is 479 g/mol. The molecule has 7 heteroatoms. The van der Waals surface area contributed by atoms with Gasteiger partial charge in [-0.05, 0) is 17.4 Å². The van der Waals surface area contributed by atoms with Crippen LogP contribution in [0.5, 0.6) is 0 Å². The minimum absolute atomic E-state index is 0. The number of ether oxygens (including phenoxy) is 2. The molecule has 1 saturated heterocycles. The molecule has 1 aliphatic heterocycles. The Morgan fingerprint density at radius 1 is 1.24 bits per heavy atom. The van der Waals surface area contributed by atoms with Crippen LogP contribution in [0.3, 0.4) is 0 Å². The average Bonchev–Trinajstić information content (AvgIpc) is 2.69. The van der Waals surface area contributed by atoms with Gasteiger partial charge < -0.3 is 20.1 Å². The molecule has 2 rings (SSSR count). The standard InChI is InChI=1S/C22H38N4O2.HI/c1-18(2)14-26-10-11-28-21(15-26)13-25-22(23-4)24-12-19(3)16-27-17-20-8-6-5-7-9-20;/h5-9,18-19,21H,10-17H2,1-4H3,(H2,23,24,25);1H. The summed E-state index contributed by atoms with van der Waals surface area (Å²) in [6.07, 6.45) is 0.206. The van der Waals surface area contributed by atoms with Crippen molar-refractivity contribution in [3.8, 4) is 0 Å². The molecule has 2 N–H and O–H groups in total. The zero-order valence-corrected chi connectivity index (χ0v) is 20.7. The maximum Gasteiger partial charge on any atom is 0.191 e. The van der Waals surface area contributed by atoms with Gasteiger partial charge in [-0.1, -0.05) is 51.1 Å². The minimum atomic E-state index is 0. The van der Waals surface area contributed by atoms with E-state index < -0.39 is 0 Å². The van der Waals surface area contributed by atoms with Crippen LogP contribution in [-0.4, -0.2) is 69.9 Å². The van der Waals surface area contributed by atoms with Crippen LogP contribution in [0.1, 0.15) is 26.3 Å². The normalized spacial score (nSPS) is 18.9. The second kappa shape index (κ2) is 15.0. The van der Waals surface area contributed by atoms with Gasteiger partial charge >= 0.3 is 0 Å². The highest BCUT2D eigenvalue weighted by Gasteiger charge is 2.21. The van der Waals surface area contributed by atoms with Crippen molar-refractivity contribution in [1.29, 1.82) is 0 Å². The third-order valence-electron chi connectivity index (χ3n) is 4.70. The first-order valence-electron chi connectivity index (χ1n) is 10.5. The molecule has 1 aliphatic rings. The summed E-state index contributed by atoms with van der Waals surface area (Å²) >= 11 is 0. The van der Waals surface area contributed by atoms with Gasteiger partial charge in [0, 0.05) is 39.8 Å². The highest BCUT2D eigenvalue weighted by atomic mass is 127. The Bertz CT molecular complexity index is 571. The Hall–Kier alpha value is -0.900. The van der Waals surface area contributed by atoms with E-state index in [0.717, 1.165) is 51.9 Å². The second-order valence-corrected chi connectivity index (χ2v) is 8.09. The van der Waals surface area contributed by atoms with Crippen LogP contribution < -0.4 is 10.6 Å². The molecular formula is C22H39IN4O2. The van der Waals surface area contributed by atoms with Gasteiger partial charge in [-0.2, -0.15) is 0 Å². The number of nitrogens with zero attached hydrogens (tertiary/aromatic N) is 2. The molecule has 1 fully saturated rings. The molecule has 6 nitrogen and oxygen atoms in total. The number of halogens is 1. The smallest absolute Gasteiger partial charge is 0.191 e. The van der Waals surface area contributed by atoms with E-state index in [4.69, 9.17) is 9.47 Å². The van der Waals surface area contributed by atoms with Crippen LogP contribution in [0, 0.1) is 11.8 Å². The topological polar surface area (TPSA) is 58.1 Å². The lowest BCUT2D eigenvalue weighted by Gasteiger charge is -2.34. The van der Waals surface area contributed by atoms with Crippen molar-refractivity contribution in [2.24, 2.45) is 16.8 Å².